The van der Waals surface area contributed by atoms with Crippen LogP contribution in [-0.2, 0) is 22.9 Å². The first-order chi connectivity index (χ1) is 10.1. The van der Waals surface area contributed by atoms with Gasteiger partial charge in [-0.3, -0.25) is 0 Å². The smallest absolute Gasteiger partial charge is 0.150 e. The fraction of sp³-hybridized carbons (Fsp3) is 0.533. The molecule has 0 unspecified atom stereocenters. The fourth-order valence-corrected chi connectivity index (χ4v) is 4.90. The van der Waals surface area contributed by atoms with E-state index in [1.54, 1.807) is 0 Å². The van der Waals surface area contributed by atoms with Crippen molar-refractivity contribution in [3.63, 3.8) is 0 Å². The number of aromatic nitrogens is 2. The number of imidazole rings is 1. The highest BCUT2D eigenvalue weighted by Crippen LogP contribution is 2.18. The summed E-state index contributed by atoms with van der Waals surface area (Å²) in [5, 5.41) is 3.37. The third kappa shape index (κ3) is 3.11. The first kappa shape index (κ1) is 14.5. The number of para-hydroxylation sites is 2. The lowest BCUT2D eigenvalue weighted by atomic mass is 10.1. The van der Waals surface area contributed by atoms with Crippen molar-refractivity contribution in [2.24, 2.45) is 5.92 Å². The molecule has 0 bridgehead atoms. The number of rotatable bonds is 5. The summed E-state index contributed by atoms with van der Waals surface area (Å²) >= 11 is 0. The third-order valence-electron chi connectivity index (χ3n) is 4.09. The van der Waals surface area contributed by atoms with Crippen LogP contribution in [0.2, 0.25) is 0 Å². The Kier molecular flexibility index (Phi) is 3.99. The Labute approximate surface area is 125 Å². The van der Waals surface area contributed by atoms with E-state index in [1.807, 2.05) is 18.2 Å². The Morgan fingerprint density at radius 2 is 2.19 bits per heavy atom. The highest BCUT2D eigenvalue weighted by molar-refractivity contribution is 7.91. The lowest BCUT2D eigenvalue weighted by Gasteiger charge is -2.10. The van der Waals surface area contributed by atoms with Gasteiger partial charge in [0.1, 0.15) is 5.82 Å². The predicted molar refractivity (Wildman–Crippen MR) is 83.9 cm³/mol. The van der Waals surface area contributed by atoms with Gasteiger partial charge in [0.15, 0.2) is 9.84 Å². The molecule has 0 radical (unpaired) electrons. The highest BCUT2D eigenvalue weighted by Gasteiger charge is 2.27. The zero-order chi connectivity index (χ0) is 14.9. The second-order valence-electron chi connectivity index (χ2n) is 5.66. The van der Waals surface area contributed by atoms with Crippen LogP contribution in [0.4, 0.5) is 0 Å². The maximum absolute atomic E-state index is 11.4. The Hall–Kier alpha value is -1.40. The molecule has 0 amide bonds. The van der Waals surface area contributed by atoms with E-state index in [0.29, 0.717) is 18.1 Å². The van der Waals surface area contributed by atoms with Crippen molar-refractivity contribution in [1.29, 1.82) is 0 Å². The van der Waals surface area contributed by atoms with Gasteiger partial charge in [-0.2, -0.15) is 0 Å². The van der Waals surface area contributed by atoms with Crippen molar-refractivity contribution < 1.29 is 8.42 Å². The zero-order valence-electron chi connectivity index (χ0n) is 12.2. The first-order valence-corrected chi connectivity index (χ1v) is 9.26. The molecule has 0 aliphatic carbocycles. The van der Waals surface area contributed by atoms with E-state index in [0.717, 1.165) is 36.4 Å². The second kappa shape index (κ2) is 5.77. The van der Waals surface area contributed by atoms with E-state index in [4.69, 9.17) is 0 Å². The quantitative estimate of drug-likeness (QED) is 0.911. The summed E-state index contributed by atoms with van der Waals surface area (Å²) in [6.45, 7) is 4.42. The van der Waals surface area contributed by atoms with Crippen molar-refractivity contribution >= 4 is 20.9 Å². The molecular formula is C15H21N3O2S. The van der Waals surface area contributed by atoms with Crippen LogP contribution < -0.4 is 5.32 Å². The maximum atomic E-state index is 11.4. The molecule has 1 N–H and O–H groups in total. The molecule has 21 heavy (non-hydrogen) atoms. The van der Waals surface area contributed by atoms with Gasteiger partial charge in [0.2, 0.25) is 0 Å². The first-order valence-electron chi connectivity index (χ1n) is 7.44. The lowest BCUT2D eigenvalue weighted by molar-refractivity contribution is 0.507. The van der Waals surface area contributed by atoms with Gasteiger partial charge in [-0.1, -0.05) is 12.1 Å². The summed E-state index contributed by atoms with van der Waals surface area (Å²) in [5.41, 5.74) is 2.17. The molecule has 0 saturated carbocycles. The average molecular weight is 307 g/mol. The highest BCUT2D eigenvalue weighted by atomic mass is 32.2. The number of hydrogen-bond acceptors (Lipinski definition) is 4. The third-order valence-corrected chi connectivity index (χ3v) is 5.93. The summed E-state index contributed by atoms with van der Waals surface area (Å²) in [6, 6.07) is 8.13. The molecule has 3 rings (SSSR count). The maximum Gasteiger partial charge on any atom is 0.150 e. The van der Waals surface area contributed by atoms with Gasteiger partial charge < -0.3 is 9.88 Å². The van der Waals surface area contributed by atoms with Crippen molar-refractivity contribution in [3.8, 4) is 0 Å². The molecule has 1 atom stereocenters. The summed E-state index contributed by atoms with van der Waals surface area (Å²) in [4.78, 5) is 4.66. The van der Waals surface area contributed by atoms with E-state index < -0.39 is 9.84 Å². The second-order valence-corrected chi connectivity index (χ2v) is 7.89. The number of sulfone groups is 1. The van der Waals surface area contributed by atoms with Gasteiger partial charge in [-0.05, 0) is 37.9 Å². The molecule has 5 nitrogen and oxygen atoms in total. The van der Waals surface area contributed by atoms with Crippen LogP contribution in [0.3, 0.4) is 0 Å². The van der Waals surface area contributed by atoms with Crippen LogP contribution in [0.15, 0.2) is 24.3 Å². The van der Waals surface area contributed by atoms with Crippen molar-refractivity contribution in [3.05, 3.63) is 30.1 Å². The fourth-order valence-electron chi connectivity index (χ4n) is 3.03. The SMILES string of the molecule is CCn1c(CNC[C@H]2CCS(=O)(=O)C2)nc2ccccc21. The summed E-state index contributed by atoms with van der Waals surface area (Å²) in [6.07, 6.45) is 0.777. The van der Waals surface area contributed by atoms with Crippen LogP contribution in [0.1, 0.15) is 19.2 Å². The Morgan fingerprint density at radius 1 is 1.38 bits per heavy atom. The normalized spacial score (nSPS) is 21.1. The number of nitrogens with one attached hydrogen (secondary N) is 1. The van der Waals surface area contributed by atoms with Crippen LogP contribution in [0, 0.1) is 5.92 Å². The molecule has 2 aromatic rings. The Bertz CT molecular complexity index is 736. The average Bonchev–Trinajstić information content (AvgIpc) is 2.98. The van der Waals surface area contributed by atoms with Gasteiger partial charge in [-0.15, -0.1) is 0 Å². The Morgan fingerprint density at radius 3 is 2.90 bits per heavy atom. The van der Waals surface area contributed by atoms with Crippen molar-refractivity contribution in [1.82, 2.24) is 14.9 Å². The monoisotopic (exact) mass is 307 g/mol. The summed E-state index contributed by atoms with van der Waals surface area (Å²) in [7, 11) is -2.78. The number of hydrogen-bond donors (Lipinski definition) is 1. The van der Waals surface area contributed by atoms with E-state index >= 15 is 0 Å². The molecule has 1 aromatic carbocycles. The standard InChI is InChI=1S/C15H21N3O2S/c1-2-18-14-6-4-3-5-13(14)17-15(18)10-16-9-12-7-8-21(19,20)11-12/h3-6,12,16H,2,7-11H2,1H3/t12-/m1/s1. The molecule has 114 valence electrons. The van der Waals surface area contributed by atoms with Gasteiger partial charge in [0.05, 0.1) is 29.1 Å². The van der Waals surface area contributed by atoms with Gasteiger partial charge in [-0.25, -0.2) is 13.4 Å². The molecular weight excluding hydrogens is 286 g/mol. The number of aryl methyl sites for hydroxylation is 1. The summed E-state index contributed by atoms with van der Waals surface area (Å²) in [5.74, 6) is 1.92. The number of benzene rings is 1. The van der Waals surface area contributed by atoms with Gasteiger partial charge in [0.25, 0.3) is 0 Å². The molecule has 1 aromatic heterocycles. The molecule has 1 saturated heterocycles. The van der Waals surface area contributed by atoms with E-state index in [2.05, 4.69) is 27.9 Å². The summed E-state index contributed by atoms with van der Waals surface area (Å²) < 4.78 is 25.1. The van der Waals surface area contributed by atoms with Crippen molar-refractivity contribution in [2.75, 3.05) is 18.1 Å². The molecule has 2 heterocycles. The largest absolute Gasteiger partial charge is 0.327 e. The van der Waals surface area contributed by atoms with Crippen LogP contribution in [0.5, 0.6) is 0 Å². The minimum absolute atomic E-state index is 0.245. The van der Waals surface area contributed by atoms with Gasteiger partial charge >= 0.3 is 0 Å². The molecule has 1 fully saturated rings. The topological polar surface area (TPSA) is 64.0 Å². The van der Waals surface area contributed by atoms with E-state index in [9.17, 15) is 8.42 Å². The van der Waals surface area contributed by atoms with Crippen LogP contribution >= 0.6 is 0 Å². The zero-order valence-corrected chi connectivity index (χ0v) is 13.1. The lowest BCUT2D eigenvalue weighted by Crippen LogP contribution is -2.24. The molecule has 1 aliphatic rings. The van der Waals surface area contributed by atoms with Crippen LogP contribution in [-0.4, -0.2) is 36.0 Å². The van der Waals surface area contributed by atoms with Crippen molar-refractivity contribution in [2.45, 2.75) is 26.4 Å². The number of fused-ring (bicyclic) bond motifs is 1. The number of nitrogens with zero attached hydrogens (tertiary/aromatic N) is 2. The minimum Gasteiger partial charge on any atom is -0.327 e. The molecule has 1 aliphatic heterocycles. The predicted octanol–water partition coefficient (Wildman–Crippen LogP) is 1.58. The minimum atomic E-state index is -2.78. The van der Waals surface area contributed by atoms with Gasteiger partial charge in [0, 0.05) is 6.54 Å². The molecule has 0 spiro atoms. The van der Waals surface area contributed by atoms with E-state index in [1.165, 1.54) is 0 Å². The molecule has 6 heteroatoms. The Balaban J connectivity index is 1.65. The van der Waals surface area contributed by atoms with E-state index in [-0.39, 0.29) is 5.92 Å². The van der Waals surface area contributed by atoms with Crippen LogP contribution in [0.25, 0.3) is 11.0 Å².